The van der Waals surface area contributed by atoms with Gasteiger partial charge >= 0.3 is 0 Å². The normalized spacial score (nSPS) is 16.8. The molecule has 0 radical (unpaired) electrons. The maximum atomic E-state index is 12.9. The number of nitrogens with one attached hydrogen (secondary N) is 2. The van der Waals surface area contributed by atoms with Gasteiger partial charge in [0.15, 0.2) is 0 Å². The molecule has 36 heavy (non-hydrogen) atoms. The number of ether oxygens (including phenoxy) is 2. The van der Waals surface area contributed by atoms with Gasteiger partial charge in [-0.05, 0) is 45.4 Å². The summed E-state index contributed by atoms with van der Waals surface area (Å²) < 4.78 is 11.6. The molecule has 0 spiro atoms. The Balaban J connectivity index is 2.03. The van der Waals surface area contributed by atoms with Gasteiger partial charge in [-0.15, -0.1) is 0 Å². The van der Waals surface area contributed by atoms with E-state index in [2.05, 4.69) is 59.2 Å². The average Bonchev–Trinajstić information content (AvgIpc) is 2.90. The van der Waals surface area contributed by atoms with Crippen LogP contribution in [0.2, 0.25) is 0 Å². The van der Waals surface area contributed by atoms with E-state index in [9.17, 15) is 4.79 Å². The molecule has 1 aliphatic heterocycles. The van der Waals surface area contributed by atoms with E-state index in [0.29, 0.717) is 5.69 Å². The standard InChI is InChI=1S/C27H46N6O3/c1-6-9-23(19-30-22(4)33-15-17-35-18-16-33)26(10-7-2)36-21-27(34)31-24-20-29-12-11-25(24)32(8-3)14-13-28-5/h9,11-12,19-20,22,26,28H,6-8,10,13-18,21H2,1-5H3,(H,31,34)/b23-9+,30-19-. The van der Waals surface area contributed by atoms with Crippen LogP contribution in [-0.2, 0) is 14.3 Å². The van der Waals surface area contributed by atoms with Crippen LogP contribution in [0, 0.1) is 0 Å². The summed E-state index contributed by atoms with van der Waals surface area (Å²) in [6, 6.07) is 1.93. The molecular formula is C27H46N6O3. The molecule has 1 aromatic heterocycles. The number of hydrogen-bond acceptors (Lipinski definition) is 8. The van der Waals surface area contributed by atoms with Gasteiger partial charge in [0.1, 0.15) is 6.61 Å². The third-order valence-corrected chi connectivity index (χ3v) is 6.22. The van der Waals surface area contributed by atoms with Crippen molar-refractivity contribution >= 4 is 23.5 Å². The van der Waals surface area contributed by atoms with E-state index in [0.717, 1.165) is 76.5 Å². The second-order valence-corrected chi connectivity index (χ2v) is 8.88. The van der Waals surface area contributed by atoms with Crippen LogP contribution in [0.25, 0.3) is 0 Å². The number of rotatable bonds is 16. The molecule has 2 atom stereocenters. The highest BCUT2D eigenvalue weighted by Gasteiger charge is 2.19. The zero-order valence-corrected chi connectivity index (χ0v) is 22.8. The first-order chi connectivity index (χ1) is 17.5. The van der Waals surface area contributed by atoms with E-state index in [-0.39, 0.29) is 24.8 Å². The van der Waals surface area contributed by atoms with Crippen molar-refractivity contribution in [2.75, 3.05) is 69.8 Å². The average molecular weight is 503 g/mol. The number of aliphatic imine (C=N–C) groups is 1. The van der Waals surface area contributed by atoms with E-state index in [1.54, 1.807) is 12.4 Å². The summed E-state index contributed by atoms with van der Waals surface area (Å²) >= 11 is 0. The molecule has 0 aliphatic carbocycles. The van der Waals surface area contributed by atoms with Gasteiger partial charge in [-0.3, -0.25) is 19.7 Å². The summed E-state index contributed by atoms with van der Waals surface area (Å²) in [6.07, 6.45) is 10.1. The van der Waals surface area contributed by atoms with Crippen molar-refractivity contribution in [1.82, 2.24) is 15.2 Å². The Hall–Kier alpha value is -2.33. The number of allylic oxidation sites excluding steroid dienone is 1. The van der Waals surface area contributed by atoms with Crippen LogP contribution in [0.5, 0.6) is 0 Å². The van der Waals surface area contributed by atoms with Crippen molar-refractivity contribution in [3.63, 3.8) is 0 Å². The Morgan fingerprint density at radius 1 is 1.33 bits per heavy atom. The Morgan fingerprint density at radius 2 is 2.11 bits per heavy atom. The van der Waals surface area contributed by atoms with E-state index < -0.39 is 0 Å². The van der Waals surface area contributed by atoms with Crippen LogP contribution in [0.4, 0.5) is 11.4 Å². The maximum Gasteiger partial charge on any atom is 0.250 e. The molecule has 1 aromatic rings. The number of anilines is 2. The lowest BCUT2D eigenvalue weighted by Gasteiger charge is -2.30. The van der Waals surface area contributed by atoms with E-state index >= 15 is 0 Å². The van der Waals surface area contributed by atoms with Crippen molar-refractivity contribution in [3.05, 3.63) is 30.1 Å². The zero-order valence-electron chi connectivity index (χ0n) is 22.8. The molecule has 2 rings (SSSR count). The largest absolute Gasteiger partial charge is 0.379 e. The number of hydrogen-bond donors (Lipinski definition) is 2. The lowest BCUT2D eigenvalue weighted by molar-refractivity contribution is -0.121. The molecule has 1 amide bonds. The first kappa shape index (κ1) is 29.9. The Labute approximate surface area is 217 Å². The minimum Gasteiger partial charge on any atom is -0.379 e. The summed E-state index contributed by atoms with van der Waals surface area (Å²) in [4.78, 5) is 26.4. The highest BCUT2D eigenvalue weighted by Crippen LogP contribution is 2.24. The van der Waals surface area contributed by atoms with Crippen molar-refractivity contribution in [1.29, 1.82) is 0 Å². The zero-order chi connectivity index (χ0) is 26.2. The maximum absolute atomic E-state index is 12.9. The molecule has 2 unspecified atom stereocenters. The Bertz CT molecular complexity index is 825. The van der Waals surface area contributed by atoms with Gasteiger partial charge in [0, 0.05) is 45.1 Å². The number of nitrogens with zero attached hydrogens (tertiary/aromatic N) is 4. The van der Waals surface area contributed by atoms with Gasteiger partial charge in [-0.25, -0.2) is 0 Å². The topological polar surface area (TPSA) is 91.3 Å². The lowest BCUT2D eigenvalue weighted by atomic mass is 10.0. The van der Waals surface area contributed by atoms with Gasteiger partial charge in [-0.1, -0.05) is 26.3 Å². The van der Waals surface area contributed by atoms with Crippen molar-refractivity contribution in [2.24, 2.45) is 4.99 Å². The third-order valence-electron chi connectivity index (χ3n) is 6.22. The lowest BCUT2D eigenvalue weighted by Crippen LogP contribution is -2.41. The summed E-state index contributed by atoms with van der Waals surface area (Å²) in [5.41, 5.74) is 2.68. The third kappa shape index (κ3) is 9.97. The van der Waals surface area contributed by atoms with Gasteiger partial charge in [-0.2, -0.15) is 0 Å². The van der Waals surface area contributed by atoms with Crippen molar-refractivity contribution < 1.29 is 14.3 Å². The van der Waals surface area contributed by atoms with Crippen molar-refractivity contribution in [3.8, 4) is 0 Å². The molecule has 9 heteroatoms. The Kier molecular flexibility index (Phi) is 14.3. The molecule has 1 aliphatic rings. The number of pyridine rings is 1. The molecule has 2 heterocycles. The molecule has 0 aromatic carbocycles. The number of carbonyl (C=O) groups is 1. The van der Waals surface area contributed by atoms with E-state index in [1.807, 2.05) is 19.3 Å². The second kappa shape index (κ2) is 17.2. The summed E-state index contributed by atoms with van der Waals surface area (Å²) in [6.45, 7) is 14.2. The molecule has 202 valence electrons. The Morgan fingerprint density at radius 3 is 2.78 bits per heavy atom. The summed E-state index contributed by atoms with van der Waals surface area (Å²) in [5.74, 6) is -0.190. The molecular weight excluding hydrogens is 456 g/mol. The summed E-state index contributed by atoms with van der Waals surface area (Å²) in [7, 11) is 1.93. The summed E-state index contributed by atoms with van der Waals surface area (Å²) in [5, 5.41) is 6.18. The molecule has 0 bridgehead atoms. The number of likely N-dealkylation sites (N-methyl/N-ethyl adjacent to an activating group) is 2. The fraction of sp³-hybridized carbons (Fsp3) is 0.667. The molecule has 9 nitrogen and oxygen atoms in total. The SMILES string of the molecule is CC/C=C(\C=N/C(C)N1CCOCC1)C(CCC)OCC(=O)Nc1cnccc1N(CC)CCNC. The van der Waals surface area contributed by atoms with Crippen LogP contribution < -0.4 is 15.5 Å². The number of aromatic nitrogens is 1. The van der Waals surface area contributed by atoms with Crippen LogP contribution in [-0.4, -0.2) is 93.9 Å². The van der Waals surface area contributed by atoms with E-state index in [4.69, 9.17) is 14.5 Å². The fourth-order valence-electron chi connectivity index (χ4n) is 4.17. The number of morpholine rings is 1. The quantitative estimate of drug-likeness (QED) is 0.335. The van der Waals surface area contributed by atoms with Gasteiger partial charge < -0.3 is 25.0 Å². The minimum atomic E-state index is -0.190. The smallest absolute Gasteiger partial charge is 0.250 e. The predicted molar refractivity (Wildman–Crippen MR) is 148 cm³/mol. The van der Waals surface area contributed by atoms with Crippen LogP contribution in [0.3, 0.4) is 0 Å². The highest BCUT2D eigenvalue weighted by molar-refractivity contribution is 5.95. The predicted octanol–water partition coefficient (Wildman–Crippen LogP) is 3.34. The van der Waals surface area contributed by atoms with Crippen LogP contribution in [0.1, 0.15) is 47.0 Å². The first-order valence-electron chi connectivity index (χ1n) is 13.3. The molecule has 0 saturated carbocycles. The number of amides is 1. The van der Waals surface area contributed by atoms with Gasteiger partial charge in [0.05, 0.1) is 43.1 Å². The monoisotopic (exact) mass is 502 g/mol. The highest BCUT2D eigenvalue weighted by atomic mass is 16.5. The van der Waals surface area contributed by atoms with Gasteiger partial charge in [0.2, 0.25) is 5.91 Å². The number of carbonyl (C=O) groups excluding carboxylic acids is 1. The van der Waals surface area contributed by atoms with Gasteiger partial charge in [0.25, 0.3) is 0 Å². The molecule has 1 fully saturated rings. The first-order valence-corrected chi connectivity index (χ1v) is 13.3. The van der Waals surface area contributed by atoms with Crippen LogP contribution >= 0.6 is 0 Å². The van der Waals surface area contributed by atoms with E-state index in [1.165, 1.54) is 0 Å². The van der Waals surface area contributed by atoms with Crippen LogP contribution in [0.15, 0.2) is 35.1 Å². The molecule has 2 N–H and O–H groups in total. The molecule has 1 saturated heterocycles. The second-order valence-electron chi connectivity index (χ2n) is 8.88. The van der Waals surface area contributed by atoms with Crippen molar-refractivity contribution in [2.45, 2.75) is 59.2 Å². The minimum absolute atomic E-state index is 0.0322. The fourth-order valence-corrected chi connectivity index (χ4v) is 4.17.